The van der Waals surface area contributed by atoms with Gasteiger partial charge in [-0.25, -0.2) is 0 Å². The number of carbonyl (C=O) groups excluding carboxylic acids is 2. The van der Waals surface area contributed by atoms with E-state index in [1.54, 1.807) is 18.2 Å². The lowest BCUT2D eigenvalue weighted by Gasteiger charge is -2.13. The number of ether oxygens (including phenoxy) is 2. The molecule has 0 heterocycles. The Bertz CT molecular complexity index is 798. The van der Waals surface area contributed by atoms with E-state index in [2.05, 4.69) is 10.6 Å². The van der Waals surface area contributed by atoms with Gasteiger partial charge >= 0.3 is 11.8 Å². The molecule has 25 heavy (non-hydrogen) atoms. The van der Waals surface area contributed by atoms with Crippen molar-refractivity contribution < 1.29 is 19.1 Å². The Balaban J connectivity index is 2.14. The third-order valence-electron chi connectivity index (χ3n) is 3.26. The van der Waals surface area contributed by atoms with E-state index in [-0.39, 0.29) is 5.69 Å². The minimum Gasteiger partial charge on any atom is -0.495 e. The van der Waals surface area contributed by atoms with Gasteiger partial charge in [0.25, 0.3) is 0 Å². The Kier molecular flexibility index (Phi) is 6.55. The van der Waals surface area contributed by atoms with E-state index in [4.69, 9.17) is 21.1 Å². The van der Waals surface area contributed by atoms with Crippen molar-refractivity contribution in [1.82, 2.24) is 0 Å². The largest absolute Gasteiger partial charge is 0.495 e. The van der Waals surface area contributed by atoms with Crippen molar-refractivity contribution in [3.05, 3.63) is 41.4 Å². The summed E-state index contributed by atoms with van der Waals surface area (Å²) in [5.74, 6) is -0.964. The minimum absolute atomic E-state index is 0.279. The Labute approximate surface area is 154 Å². The van der Waals surface area contributed by atoms with Gasteiger partial charge in [0.1, 0.15) is 11.5 Å². The van der Waals surface area contributed by atoms with E-state index in [0.29, 0.717) is 22.2 Å². The average Bonchev–Trinajstić information content (AvgIpc) is 2.62. The molecule has 8 heteroatoms. The summed E-state index contributed by atoms with van der Waals surface area (Å²) in [7, 11) is 2.88. The van der Waals surface area contributed by atoms with Gasteiger partial charge in [0.15, 0.2) is 0 Å². The number of nitrogens with one attached hydrogen (secondary N) is 2. The molecular formula is C17H17ClN2O4S. The zero-order valence-corrected chi connectivity index (χ0v) is 15.5. The summed E-state index contributed by atoms with van der Waals surface area (Å²) < 4.78 is 10.3. The van der Waals surface area contributed by atoms with Crippen LogP contribution in [0.5, 0.6) is 11.5 Å². The third kappa shape index (κ3) is 4.80. The number of benzene rings is 2. The number of thioether (sulfide) groups is 1. The van der Waals surface area contributed by atoms with Gasteiger partial charge < -0.3 is 20.1 Å². The van der Waals surface area contributed by atoms with Gasteiger partial charge in [-0.1, -0.05) is 17.7 Å². The van der Waals surface area contributed by atoms with Gasteiger partial charge in [-0.3, -0.25) is 9.59 Å². The lowest BCUT2D eigenvalue weighted by Crippen LogP contribution is -2.29. The number of hydrogen-bond acceptors (Lipinski definition) is 5. The van der Waals surface area contributed by atoms with Gasteiger partial charge in [0.05, 0.1) is 24.9 Å². The first-order valence-corrected chi connectivity index (χ1v) is 8.76. The normalized spacial score (nSPS) is 10.1. The zero-order chi connectivity index (χ0) is 18.4. The van der Waals surface area contributed by atoms with Crippen molar-refractivity contribution in [3.63, 3.8) is 0 Å². The van der Waals surface area contributed by atoms with Gasteiger partial charge in [0, 0.05) is 22.7 Å². The molecule has 0 atom stereocenters. The zero-order valence-electron chi connectivity index (χ0n) is 13.9. The molecule has 0 aliphatic carbocycles. The summed E-state index contributed by atoms with van der Waals surface area (Å²) in [6.07, 6.45) is 1.92. The van der Waals surface area contributed by atoms with Gasteiger partial charge in [-0.2, -0.15) is 0 Å². The number of methoxy groups -OCH3 is 2. The lowest BCUT2D eigenvalue weighted by molar-refractivity contribution is -0.133. The maximum Gasteiger partial charge on any atom is 0.314 e. The molecule has 0 unspecified atom stereocenters. The topological polar surface area (TPSA) is 76.7 Å². The number of halogens is 1. The Morgan fingerprint density at radius 1 is 1.00 bits per heavy atom. The van der Waals surface area contributed by atoms with Crippen LogP contribution in [0, 0.1) is 0 Å². The molecule has 6 nitrogen and oxygen atoms in total. The standard InChI is InChI=1S/C17H17ClN2O4S/c1-23-14-9-13(15(24-2)8-12(14)18)20-17(22)16(21)19-10-5-4-6-11(7-10)25-3/h4-9H,1-3H3,(H,19,21)(H,20,22). The molecule has 0 radical (unpaired) electrons. The monoisotopic (exact) mass is 380 g/mol. The van der Waals surface area contributed by atoms with Crippen LogP contribution in [0.3, 0.4) is 0 Å². The maximum atomic E-state index is 12.2. The highest BCUT2D eigenvalue weighted by Gasteiger charge is 2.18. The van der Waals surface area contributed by atoms with E-state index in [0.717, 1.165) is 4.90 Å². The fourth-order valence-electron chi connectivity index (χ4n) is 2.03. The van der Waals surface area contributed by atoms with Crippen LogP contribution in [0.2, 0.25) is 5.02 Å². The van der Waals surface area contributed by atoms with Crippen LogP contribution in [-0.4, -0.2) is 32.3 Å². The molecule has 0 aliphatic heterocycles. The molecule has 2 amide bonds. The van der Waals surface area contributed by atoms with E-state index in [1.165, 1.54) is 38.1 Å². The molecule has 0 bridgehead atoms. The second kappa shape index (κ2) is 8.64. The summed E-state index contributed by atoms with van der Waals surface area (Å²) in [6.45, 7) is 0. The van der Waals surface area contributed by atoms with Crippen LogP contribution in [0.4, 0.5) is 11.4 Å². The first-order chi connectivity index (χ1) is 12.0. The van der Waals surface area contributed by atoms with Crippen molar-refractivity contribution in [2.45, 2.75) is 4.90 Å². The molecule has 2 N–H and O–H groups in total. The lowest BCUT2D eigenvalue weighted by atomic mass is 10.2. The molecule has 0 saturated carbocycles. The van der Waals surface area contributed by atoms with Crippen LogP contribution >= 0.6 is 23.4 Å². The molecule has 0 aromatic heterocycles. The number of hydrogen-bond donors (Lipinski definition) is 2. The van der Waals surface area contributed by atoms with E-state index < -0.39 is 11.8 Å². The molecule has 2 aromatic carbocycles. The van der Waals surface area contributed by atoms with Crippen molar-refractivity contribution in [1.29, 1.82) is 0 Å². The molecule has 132 valence electrons. The van der Waals surface area contributed by atoms with Crippen LogP contribution in [0.1, 0.15) is 0 Å². The molecule has 2 aromatic rings. The molecule has 0 spiro atoms. The quantitative estimate of drug-likeness (QED) is 0.611. The summed E-state index contributed by atoms with van der Waals surface area (Å²) >= 11 is 7.55. The average molecular weight is 381 g/mol. The Morgan fingerprint density at radius 3 is 2.32 bits per heavy atom. The number of rotatable bonds is 5. The molecule has 2 rings (SSSR count). The first kappa shape index (κ1) is 19.0. The highest BCUT2D eigenvalue weighted by molar-refractivity contribution is 7.98. The minimum atomic E-state index is -0.836. The van der Waals surface area contributed by atoms with Gasteiger partial charge in [-0.15, -0.1) is 11.8 Å². The number of amides is 2. The van der Waals surface area contributed by atoms with Crippen LogP contribution < -0.4 is 20.1 Å². The molecule has 0 saturated heterocycles. The number of carbonyl (C=O) groups is 2. The fourth-order valence-corrected chi connectivity index (χ4v) is 2.72. The van der Waals surface area contributed by atoms with Gasteiger partial charge in [0.2, 0.25) is 0 Å². The highest BCUT2D eigenvalue weighted by Crippen LogP contribution is 2.35. The van der Waals surface area contributed by atoms with Gasteiger partial charge in [-0.05, 0) is 24.5 Å². The summed E-state index contributed by atoms with van der Waals surface area (Å²) in [4.78, 5) is 25.2. The highest BCUT2D eigenvalue weighted by atomic mass is 35.5. The summed E-state index contributed by atoms with van der Waals surface area (Å²) in [6, 6.07) is 10.2. The van der Waals surface area contributed by atoms with E-state index in [9.17, 15) is 9.59 Å². The second-order valence-corrected chi connectivity index (χ2v) is 6.11. The first-order valence-electron chi connectivity index (χ1n) is 7.16. The van der Waals surface area contributed by atoms with Crippen molar-refractivity contribution in [2.75, 3.05) is 31.1 Å². The molecular weight excluding hydrogens is 364 g/mol. The molecule has 0 fully saturated rings. The summed E-state index contributed by atoms with van der Waals surface area (Å²) in [5.41, 5.74) is 0.814. The van der Waals surface area contributed by atoms with Crippen molar-refractivity contribution in [3.8, 4) is 11.5 Å². The predicted octanol–water partition coefficient (Wildman–Crippen LogP) is 3.66. The third-order valence-corrected chi connectivity index (χ3v) is 4.28. The number of anilines is 2. The smallest absolute Gasteiger partial charge is 0.314 e. The van der Waals surface area contributed by atoms with Crippen LogP contribution in [-0.2, 0) is 9.59 Å². The maximum absolute atomic E-state index is 12.2. The second-order valence-electron chi connectivity index (χ2n) is 4.83. The van der Waals surface area contributed by atoms with E-state index in [1.807, 2.05) is 12.3 Å². The van der Waals surface area contributed by atoms with Crippen molar-refractivity contribution >= 4 is 46.6 Å². The fraction of sp³-hybridized carbons (Fsp3) is 0.176. The Morgan fingerprint density at radius 2 is 1.68 bits per heavy atom. The summed E-state index contributed by atoms with van der Waals surface area (Å²) in [5, 5.41) is 5.37. The molecule has 0 aliphatic rings. The van der Waals surface area contributed by atoms with E-state index >= 15 is 0 Å². The van der Waals surface area contributed by atoms with Crippen LogP contribution in [0.15, 0.2) is 41.3 Å². The predicted molar refractivity (Wildman–Crippen MR) is 100 cm³/mol. The Hall–Kier alpha value is -2.38. The van der Waals surface area contributed by atoms with Crippen molar-refractivity contribution in [2.24, 2.45) is 0 Å². The SMILES string of the molecule is COc1cc(NC(=O)C(=O)Nc2cccc(SC)c2)c(OC)cc1Cl. The van der Waals surface area contributed by atoms with Crippen LogP contribution in [0.25, 0.3) is 0 Å².